The minimum absolute atomic E-state index is 0.00578. The molecule has 1 saturated heterocycles. The second-order valence-corrected chi connectivity index (χ2v) is 7.56. The molecule has 0 radical (unpaired) electrons. The third-order valence-electron chi connectivity index (χ3n) is 4.57. The molecule has 0 aromatic heterocycles. The number of imide groups is 1. The topological polar surface area (TPSA) is 87.7 Å². The van der Waals surface area contributed by atoms with Crippen LogP contribution in [0.4, 0.5) is 10.5 Å². The molecule has 2 aromatic carbocycles. The van der Waals surface area contributed by atoms with Crippen molar-refractivity contribution in [3.63, 3.8) is 0 Å². The quantitative estimate of drug-likeness (QED) is 0.361. The van der Waals surface area contributed by atoms with E-state index in [9.17, 15) is 14.4 Å². The number of carbonyl (C=O) groups excluding carboxylic acids is 3. The lowest BCUT2D eigenvalue weighted by molar-refractivity contribution is -0.127. The van der Waals surface area contributed by atoms with Crippen molar-refractivity contribution in [1.29, 1.82) is 0 Å². The van der Waals surface area contributed by atoms with Crippen LogP contribution in [0.15, 0.2) is 42.1 Å². The summed E-state index contributed by atoms with van der Waals surface area (Å²) in [6, 6.07) is 9.65. The van der Waals surface area contributed by atoms with E-state index in [1.54, 1.807) is 12.1 Å². The number of nitrogens with zero attached hydrogens (tertiary/aromatic N) is 1. The highest BCUT2D eigenvalue weighted by Gasteiger charge is 2.35. The van der Waals surface area contributed by atoms with Crippen LogP contribution in [0.25, 0.3) is 6.08 Å². The fraction of sp³-hybridized carbons (Fsp3) is 0.174. The number of hydrogen-bond acceptors (Lipinski definition) is 4. The second-order valence-electron chi connectivity index (χ2n) is 6.74. The number of aryl methyl sites for hydroxylation is 1. The van der Waals surface area contributed by atoms with E-state index in [1.807, 2.05) is 19.1 Å². The van der Waals surface area contributed by atoms with Crippen LogP contribution in [0.5, 0.6) is 5.75 Å². The molecule has 0 bridgehead atoms. The molecular weight excluding hydrogens is 453 g/mol. The van der Waals surface area contributed by atoms with Gasteiger partial charge in [-0.15, -0.1) is 6.42 Å². The molecule has 0 aliphatic carbocycles. The van der Waals surface area contributed by atoms with Crippen LogP contribution in [-0.2, 0) is 16.0 Å². The number of para-hydroxylation sites is 1. The molecular formula is C23H19Cl2N3O4. The zero-order chi connectivity index (χ0) is 23.3. The molecule has 1 heterocycles. The Labute approximate surface area is 195 Å². The zero-order valence-electron chi connectivity index (χ0n) is 17.1. The van der Waals surface area contributed by atoms with E-state index >= 15 is 0 Å². The fourth-order valence-electron chi connectivity index (χ4n) is 3.08. The van der Waals surface area contributed by atoms with Gasteiger partial charge < -0.3 is 15.4 Å². The molecule has 32 heavy (non-hydrogen) atoms. The number of halogens is 2. The summed E-state index contributed by atoms with van der Waals surface area (Å²) < 4.78 is 5.30. The van der Waals surface area contributed by atoms with Crippen LogP contribution < -0.4 is 15.4 Å². The summed E-state index contributed by atoms with van der Waals surface area (Å²) in [5.41, 5.74) is 2.03. The Morgan fingerprint density at radius 2 is 1.94 bits per heavy atom. The lowest BCUT2D eigenvalue weighted by Crippen LogP contribution is -2.38. The van der Waals surface area contributed by atoms with Gasteiger partial charge in [0.1, 0.15) is 18.8 Å². The van der Waals surface area contributed by atoms with Gasteiger partial charge >= 0.3 is 6.03 Å². The number of benzene rings is 2. The van der Waals surface area contributed by atoms with E-state index in [0.29, 0.717) is 11.3 Å². The Bertz CT molecular complexity index is 1130. The second kappa shape index (κ2) is 10.2. The normalized spacial score (nSPS) is 14.3. The summed E-state index contributed by atoms with van der Waals surface area (Å²) in [6.07, 6.45) is 7.30. The number of ether oxygens (including phenoxy) is 1. The number of hydrogen-bond donors (Lipinski definition) is 2. The minimum Gasteiger partial charge on any atom is -0.478 e. The summed E-state index contributed by atoms with van der Waals surface area (Å²) in [7, 11) is 0. The van der Waals surface area contributed by atoms with E-state index in [2.05, 4.69) is 16.6 Å². The first-order chi connectivity index (χ1) is 15.3. The Kier molecular flexibility index (Phi) is 7.41. The maximum Gasteiger partial charge on any atom is 0.329 e. The average Bonchev–Trinajstić information content (AvgIpc) is 3.01. The number of amides is 4. The van der Waals surface area contributed by atoms with Crippen LogP contribution in [0.2, 0.25) is 10.0 Å². The highest BCUT2D eigenvalue weighted by atomic mass is 35.5. The molecule has 0 unspecified atom stereocenters. The van der Waals surface area contributed by atoms with E-state index in [4.69, 9.17) is 34.4 Å². The highest BCUT2D eigenvalue weighted by molar-refractivity contribution is 6.37. The highest BCUT2D eigenvalue weighted by Crippen LogP contribution is 2.35. The Morgan fingerprint density at radius 1 is 1.25 bits per heavy atom. The lowest BCUT2D eigenvalue weighted by atomic mass is 10.1. The summed E-state index contributed by atoms with van der Waals surface area (Å²) in [4.78, 5) is 38.2. The van der Waals surface area contributed by atoms with Crippen molar-refractivity contribution in [3.8, 4) is 18.1 Å². The maximum atomic E-state index is 12.7. The molecule has 0 saturated carbocycles. The maximum absolute atomic E-state index is 12.7. The van der Waals surface area contributed by atoms with E-state index < -0.39 is 24.4 Å². The van der Waals surface area contributed by atoms with Crippen molar-refractivity contribution in [2.24, 2.45) is 0 Å². The molecule has 9 heteroatoms. The number of carbonyl (C=O) groups is 3. The van der Waals surface area contributed by atoms with Gasteiger partial charge in [0, 0.05) is 5.69 Å². The van der Waals surface area contributed by atoms with Crippen molar-refractivity contribution in [2.45, 2.75) is 13.3 Å². The predicted octanol–water partition coefficient (Wildman–Crippen LogP) is 4.10. The van der Waals surface area contributed by atoms with Crippen LogP contribution in [0, 0.1) is 12.3 Å². The van der Waals surface area contributed by atoms with Crippen molar-refractivity contribution in [3.05, 3.63) is 63.3 Å². The predicted molar refractivity (Wildman–Crippen MR) is 123 cm³/mol. The van der Waals surface area contributed by atoms with Gasteiger partial charge in [0.25, 0.3) is 5.91 Å². The van der Waals surface area contributed by atoms with E-state index in [-0.39, 0.29) is 28.1 Å². The van der Waals surface area contributed by atoms with Crippen molar-refractivity contribution >= 4 is 52.8 Å². The molecule has 1 fully saturated rings. The van der Waals surface area contributed by atoms with Crippen LogP contribution in [0.3, 0.4) is 0 Å². The number of nitrogens with one attached hydrogen (secondary N) is 2. The van der Waals surface area contributed by atoms with Gasteiger partial charge in [0.15, 0.2) is 5.75 Å². The van der Waals surface area contributed by atoms with Gasteiger partial charge in [0.2, 0.25) is 5.91 Å². The number of urea groups is 1. The smallest absolute Gasteiger partial charge is 0.329 e. The summed E-state index contributed by atoms with van der Waals surface area (Å²) >= 11 is 12.4. The molecule has 0 spiro atoms. The first-order valence-electron chi connectivity index (χ1n) is 9.61. The van der Waals surface area contributed by atoms with Gasteiger partial charge in [-0.1, -0.05) is 54.2 Å². The summed E-state index contributed by atoms with van der Waals surface area (Å²) in [5.74, 6) is 1.40. The van der Waals surface area contributed by atoms with Crippen LogP contribution >= 0.6 is 23.2 Å². The van der Waals surface area contributed by atoms with Gasteiger partial charge in [-0.2, -0.15) is 0 Å². The van der Waals surface area contributed by atoms with Gasteiger partial charge in [-0.3, -0.25) is 9.59 Å². The number of rotatable bonds is 7. The van der Waals surface area contributed by atoms with Gasteiger partial charge in [0.05, 0.1) is 10.0 Å². The van der Waals surface area contributed by atoms with Crippen LogP contribution in [-0.4, -0.2) is 35.9 Å². The molecule has 2 N–H and O–H groups in total. The Morgan fingerprint density at radius 3 is 2.59 bits per heavy atom. The monoisotopic (exact) mass is 471 g/mol. The fourth-order valence-corrected chi connectivity index (χ4v) is 3.69. The van der Waals surface area contributed by atoms with Crippen molar-refractivity contribution in [1.82, 2.24) is 10.2 Å². The van der Waals surface area contributed by atoms with E-state index in [1.165, 1.54) is 18.2 Å². The molecule has 7 nitrogen and oxygen atoms in total. The largest absolute Gasteiger partial charge is 0.478 e. The number of terminal acetylenes is 1. The SMILES string of the molecule is C#CCOc1c(Cl)cc(/C=C2/NC(=O)N(CC(=O)Nc3ccccc3CC)C2=O)cc1Cl. The summed E-state index contributed by atoms with van der Waals surface area (Å²) in [5, 5.41) is 5.59. The third kappa shape index (κ3) is 5.22. The molecule has 1 aliphatic heterocycles. The van der Waals surface area contributed by atoms with Crippen molar-refractivity contribution < 1.29 is 19.1 Å². The molecule has 2 aromatic rings. The molecule has 4 amide bonds. The number of anilines is 1. The first-order valence-corrected chi connectivity index (χ1v) is 10.4. The zero-order valence-corrected chi connectivity index (χ0v) is 18.6. The molecule has 0 atom stereocenters. The third-order valence-corrected chi connectivity index (χ3v) is 5.13. The van der Waals surface area contributed by atoms with Crippen LogP contribution in [0.1, 0.15) is 18.1 Å². The van der Waals surface area contributed by atoms with E-state index in [0.717, 1.165) is 16.9 Å². The molecule has 3 rings (SSSR count). The molecule has 1 aliphatic rings. The molecule has 164 valence electrons. The van der Waals surface area contributed by atoms with Gasteiger partial charge in [-0.05, 0) is 41.8 Å². The summed E-state index contributed by atoms with van der Waals surface area (Å²) in [6.45, 7) is 1.53. The minimum atomic E-state index is -0.702. The van der Waals surface area contributed by atoms with Gasteiger partial charge in [-0.25, -0.2) is 9.69 Å². The first kappa shape index (κ1) is 23.2. The van der Waals surface area contributed by atoms with Crippen molar-refractivity contribution in [2.75, 3.05) is 18.5 Å². The Hall–Kier alpha value is -3.47. The Balaban J connectivity index is 1.74. The average molecular weight is 472 g/mol. The standard InChI is InChI=1S/C23H19Cl2N3O4/c1-3-9-32-21-16(24)10-14(11-17(21)25)12-19-22(30)28(23(31)27-19)13-20(29)26-18-8-6-5-7-15(18)4-2/h1,5-8,10-12H,4,9,13H2,2H3,(H,26,29)(H,27,31)/b19-12+. The lowest BCUT2D eigenvalue weighted by Gasteiger charge is -2.13.